The number of nitrogens with zero attached hydrogens (tertiary/aromatic N) is 1. The number of amides is 2. The molecule has 1 unspecified atom stereocenters. The number of aliphatic hydroxyl groups excluding tert-OH is 1. The Labute approximate surface area is 136 Å². The second kappa shape index (κ2) is 7.13. The van der Waals surface area contributed by atoms with E-state index in [-0.39, 0.29) is 24.5 Å². The first kappa shape index (κ1) is 16.0. The fourth-order valence-electron chi connectivity index (χ4n) is 3.19. The lowest BCUT2D eigenvalue weighted by molar-refractivity contribution is -0.119. The molecule has 2 fully saturated rings. The van der Waals surface area contributed by atoms with Gasteiger partial charge in [0.15, 0.2) is 0 Å². The molecule has 0 aromatic heterocycles. The van der Waals surface area contributed by atoms with E-state index in [4.69, 9.17) is 5.11 Å². The van der Waals surface area contributed by atoms with Gasteiger partial charge in [-0.15, -0.1) is 0 Å². The Kier molecular flexibility index (Phi) is 4.96. The summed E-state index contributed by atoms with van der Waals surface area (Å²) >= 11 is 0. The van der Waals surface area contributed by atoms with Crippen LogP contribution in [0.15, 0.2) is 24.3 Å². The third-order valence-corrected chi connectivity index (χ3v) is 4.71. The molecule has 1 aromatic carbocycles. The van der Waals surface area contributed by atoms with Crippen LogP contribution in [0, 0.1) is 5.92 Å². The highest BCUT2D eigenvalue weighted by molar-refractivity contribution is 5.97. The van der Waals surface area contributed by atoms with E-state index >= 15 is 0 Å². The molecule has 3 rings (SSSR count). The zero-order chi connectivity index (χ0) is 16.2. The van der Waals surface area contributed by atoms with Crippen molar-refractivity contribution in [1.29, 1.82) is 0 Å². The summed E-state index contributed by atoms with van der Waals surface area (Å²) in [4.78, 5) is 26.1. The SMILES string of the molecule is O=C(NC(CCO)C1CC1)c1ccc(N2CCCCC2=O)cc1. The van der Waals surface area contributed by atoms with E-state index in [9.17, 15) is 9.59 Å². The highest BCUT2D eigenvalue weighted by atomic mass is 16.3. The zero-order valence-electron chi connectivity index (χ0n) is 13.3. The van der Waals surface area contributed by atoms with Gasteiger partial charge in [0.2, 0.25) is 5.91 Å². The van der Waals surface area contributed by atoms with Gasteiger partial charge in [0.1, 0.15) is 0 Å². The first-order valence-corrected chi connectivity index (χ1v) is 8.51. The van der Waals surface area contributed by atoms with Gasteiger partial charge in [-0.25, -0.2) is 0 Å². The van der Waals surface area contributed by atoms with Crippen LogP contribution in [0.2, 0.25) is 0 Å². The number of nitrogens with one attached hydrogen (secondary N) is 1. The molecular weight excluding hydrogens is 292 g/mol. The molecule has 2 amide bonds. The van der Waals surface area contributed by atoms with E-state index in [1.54, 1.807) is 17.0 Å². The van der Waals surface area contributed by atoms with Gasteiger partial charge in [-0.1, -0.05) is 0 Å². The predicted octanol–water partition coefficient (Wildman–Crippen LogP) is 2.09. The molecule has 2 N–H and O–H groups in total. The number of aliphatic hydroxyl groups is 1. The number of hydrogen-bond acceptors (Lipinski definition) is 3. The van der Waals surface area contributed by atoms with Gasteiger partial charge >= 0.3 is 0 Å². The summed E-state index contributed by atoms with van der Waals surface area (Å²) in [6.07, 6.45) is 5.45. The van der Waals surface area contributed by atoms with Crippen molar-refractivity contribution in [3.05, 3.63) is 29.8 Å². The van der Waals surface area contributed by atoms with Crippen LogP contribution in [0.1, 0.15) is 48.9 Å². The number of benzene rings is 1. The number of anilines is 1. The predicted molar refractivity (Wildman–Crippen MR) is 88.3 cm³/mol. The van der Waals surface area contributed by atoms with Crippen LogP contribution in [0.3, 0.4) is 0 Å². The molecule has 124 valence electrons. The van der Waals surface area contributed by atoms with Gasteiger partial charge in [-0.3, -0.25) is 9.59 Å². The smallest absolute Gasteiger partial charge is 0.251 e. The molecule has 1 aromatic rings. The topological polar surface area (TPSA) is 69.6 Å². The van der Waals surface area contributed by atoms with E-state index in [2.05, 4.69) is 5.32 Å². The third-order valence-electron chi connectivity index (χ3n) is 4.71. The van der Waals surface area contributed by atoms with E-state index in [1.807, 2.05) is 12.1 Å². The number of piperidine rings is 1. The fourth-order valence-corrected chi connectivity index (χ4v) is 3.19. The number of hydrogen-bond donors (Lipinski definition) is 2. The molecule has 0 bridgehead atoms. The first-order chi connectivity index (χ1) is 11.2. The molecule has 1 aliphatic carbocycles. The van der Waals surface area contributed by atoms with Crippen LogP contribution >= 0.6 is 0 Å². The lowest BCUT2D eigenvalue weighted by Gasteiger charge is -2.27. The van der Waals surface area contributed by atoms with E-state index in [1.165, 1.54) is 0 Å². The Bertz CT molecular complexity index is 566. The van der Waals surface area contributed by atoms with Gasteiger partial charge in [0.25, 0.3) is 5.91 Å². The Balaban J connectivity index is 1.64. The molecule has 1 aliphatic heterocycles. The minimum atomic E-state index is -0.105. The standard InChI is InChI=1S/C18H24N2O3/c21-12-10-16(13-4-5-13)19-18(23)14-6-8-15(9-7-14)20-11-2-1-3-17(20)22/h6-9,13,16,21H,1-5,10-12H2,(H,19,23). The highest BCUT2D eigenvalue weighted by Crippen LogP contribution is 2.34. The molecule has 1 saturated heterocycles. The Morgan fingerprint density at radius 2 is 2.00 bits per heavy atom. The van der Waals surface area contributed by atoms with Crippen molar-refractivity contribution in [2.75, 3.05) is 18.1 Å². The van der Waals surface area contributed by atoms with Crippen molar-refractivity contribution in [2.24, 2.45) is 5.92 Å². The minimum absolute atomic E-state index is 0.0656. The molecular formula is C18H24N2O3. The van der Waals surface area contributed by atoms with Crippen molar-refractivity contribution in [2.45, 2.75) is 44.6 Å². The lowest BCUT2D eigenvalue weighted by Crippen LogP contribution is -2.37. The average Bonchev–Trinajstić information content (AvgIpc) is 3.40. The second-order valence-corrected chi connectivity index (χ2v) is 6.48. The van der Waals surface area contributed by atoms with E-state index < -0.39 is 0 Å². The molecule has 1 atom stereocenters. The van der Waals surface area contributed by atoms with Crippen molar-refractivity contribution in [1.82, 2.24) is 5.32 Å². The molecule has 5 heteroatoms. The highest BCUT2D eigenvalue weighted by Gasteiger charge is 2.32. The summed E-state index contributed by atoms with van der Waals surface area (Å²) < 4.78 is 0. The lowest BCUT2D eigenvalue weighted by atomic mass is 10.1. The normalized spacial score (nSPS) is 19.5. The van der Waals surface area contributed by atoms with Crippen LogP contribution in [-0.4, -0.2) is 36.1 Å². The van der Waals surface area contributed by atoms with Crippen LogP contribution in [0.5, 0.6) is 0 Å². The largest absolute Gasteiger partial charge is 0.396 e. The zero-order valence-corrected chi connectivity index (χ0v) is 13.3. The molecule has 1 saturated carbocycles. The summed E-state index contributed by atoms with van der Waals surface area (Å²) in [7, 11) is 0. The molecule has 23 heavy (non-hydrogen) atoms. The average molecular weight is 316 g/mol. The maximum Gasteiger partial charge on any atom is 0.251 e. The Morgan fingerprint density at radius 1 is 1.26 bits per heavy atom. The molecule has 1 heterocycles. The third kappa shape index (κ3) is 3.91. The molecule has 2 aliphatic rings. The van der Waals surface area contributed by atoms with E-state index in [0.717, 1.165) is 37.9 Å². The monoisotopic (exact) mass is 316 g/mol. The van der Waals surface area contributed by atoms with Gasteiger partial charge < -0.3 is 15.3 Å². The van der Waals surface area contributed by atoms with Crippen LogP contribution in [0.4, 0.5) is 5.69 Å². The van der Waals surface area contributed by atoms with Crippen molar-refractivity contribution in [3.8, 4) is 0 Å². The van der Waals surface area contributed by atoms with E-state index in [0.29, 0.717) is 24.3 Å². The summed E-state index contributed by atoms with van der Waals surface area (Å²) in [6, 6.07) is 7.30. The Hall–Kier alpha value is -1.88. The second-order valence-electron chi connectivity index (χ2n) is 6.48. The van der Waals surface area contributed by atoms with Gasteiger partial charge in [0.05, 0.1) is 0 Å². The maximum atomic E-state index is 12.3. The van der Waals surface area contributed by atoms with Gasteiger partial charge in [0, 0.05) is 36.9 Å². The first-order valence-electron chi connectivity index (χ1n) is 8.51. The summed E-state index contributed by atoms with van der Waals surface area (Å²) in [5.41, 5.74) is 1.46. The fraction of sp³-hybridized carbons (Fsp3) is 0.556. The van der Waals surface area contributed by atoms with Crippen molar-refractivity contribution in [3.63, 3.8) is 0 Å². The molecule has 5 nitrogen and oxygen atoms in total. The summed E-state index contributed by atoms with van der Waals surface area (Å²) in [6.45, 7) is 0.849. The summed E-state index contributed by atoms with van der Waals surface area (Å²) in [5.74, 6) is 0.563. The number of carbonyl (C=O) groups excluding carboxylic acids is 2. The number of carbonyl (C=O) groups is 2. The Morgan fingerprint density at radius 3 is 2.61 bits per heavy atom. The van der Waals surface area contributed by atoms with Crippen molar-refractivity contribution < 1.29 is 14.7 Å². The minimum Gasteiger partial charge on any atom is -0.396 e. The van der Waals surface area contributed by atoms with Gasteiger partial charge in [-0.05, 0) is 62.3 Å². The van der Waals surface area contributed by atoms with Crippen molar-refractivity contribution >= 4 is 17.5 Å². The molecule has 0 spiro atoms. The summed E-state index contributed by atoms with van der Waals surface area (Å²) in [5, 5.41) is 12.1. The molecule has 0 radical (unpaired) electrons. The van der Waals surface area contributed by atoms with Crippen LogP contribution in [-0.2, 0) is 4.79 Å². The van der Waals surface area contributed by atoms with Crippen LogP contribution < -0.4 is 10.2 Å². The number of rotatable bonds is 6. The van der Waals surface area contributed by atoms with Crippen LogP contribution in [0.25, 0.3) is 0 Å². The van der Waals surface area contributed by atoms with Gasteiger partial charge in [-0.2, -0.15) is 0 Å². The maximum absolute atomic E-state index is 12.3. The quantitative estimate of drug-likeness (QED) is 0.844.